The SMILES string of the molecule is COc1cc(C(=O)N[C@H](C(=O)O)[C@@H](C)O)cc(Cl)c1OC. The molecule has 0 heterocycles. The quantitative estimate of drug-likeness (QED) is 0.720. The molecule has 1 rings (SSSR count). The van der Waals surface area contributed by atoms with Crippen LogP contribution in [0.1, 0.15) is 17.3 Å². The summed E-state index contributed by atoms with van der Waals surface area (Å²) >= 11 is 5.97. The molecule has 1 amide bonds. The molecule has 0 bridgehead atoms. The minimum absolute atomic E-state index is 0.0875. The monoisotopic (exact) mass is 317 g/mol. The lowest BCUT2D eigenvalue weighted by molar-refractivity contribution is -0.141. The Bertz CT molecular complexity index is 546. The number of nitrogens with one attached hydrogen (secondary N) is 1. The van der Waals surface area contributed by atoms with Crippen molar-refractivity contribution in [2.75, 3.05) is 14.2 Å². The largest absolute Gasteiger partial charge is 0.493 e. The molecular formula is C13H16ClNO6. The highest BCUT2D eigenvalue weighted by atomic mass is 35.5. The number of methoxy groups -OCH3 is 2. The lowest BCUT2D eigenvalue weighted by Gasteiger charge is -2.18. The van der Waals surface area contributed by atoms with Crippen molar-refractivity contribution in [3.8, 4) is 11.5 Å². The van der Waals surface area contributed by atoms with Crippen molar-refractivity contribution in [3.05, 3.63) is 22.7 Å². The topological polar surface area (TPSA) is 105 Å². The highest BCUT2D eigenvalue weighted by Crippen LogP contribution is 2.35. The Hall–Kier alpha value is -1.99. The Labute approximate surface area is 126 Å². The smallest absolute Gasteiger partial charge is 0.328 e. The molecule has 1 aromatic rings. The van der Waals surface area contributed by atoms with Crippen molar-refractivity contribution >= 4 is 23.5 Å². The maximum atomic E-state index is 12.0. The van der Waals surface area contributed by atoms with Gasteiger partial charge in [-0.25, -0.2) is 4.79 Å². The molecule has 0 aliphatic rings. The summed E-state index contributed by atoms with van der Waals surface area (Å²) < 4.78 is 10.1. The maximum Gasteiger partial charge on any atom is 0.328 e. The van der Waals surface area contributed by atoms with Crippen LogP contribution in [0.25, 0.3) is 0 Å². The number of hydrogen-bond donors (Lipinski definition) is 3. The van der Waals surface area contributed by atoms with Gasteiger partial charge in [-0.15, -0.1) is 0 Å². The van der Waals surface area contributed by atoms with Gasteiger partial charge >= 0.3 is 5.97 Å². The maximum absolute atomic E-state index is 12.0. The highest BCUT2D eigenvalue weighted by Gasteiger charge is 2.26. The van der Waals surface area contributed by atoms with E-state index in [2.05, 4.69) is 5.32 Å². The number of amides is 1. The number of benzene rings is 1. The minimum atomic E-state index is -1.43. The fourth-order valence-electron chi connectivity index (χ4n) is 1.66. The average molecular weight is 318 g/mol. The molecule has 0 fully saturated rings. The molecule has 116 valence electrons. The van der Waals surface area contributed by atoms with Crippen LogP contribution < -0.4 is 14.8 Å². The van der Waals surface area contributed by atoms with Crippen molar-refractivity contribution in [2.24, 2.45) is 0 Å². The van der Waals surface area contributed by atoms with E-state index in [0.29, 0.717) is 0 Å². The predicted molar refractivity (Wildman–Crippen MR) is 75.1 cm³/mol. The van der Waals surface area contributed by atoms with E-state index in [4.69, 9.17) is 26.2 Å². The zero-order valence-corrected chi connectivity index (χ0v) is 12.5. The second kappa shape index (κ2) is 7.14. The van der Waals surface area contributed by atoms with Crippen molar-refractivity contribution in [3.63, 3.8) is 0 Å². The van der Waals surface area contributed by atoms with Gasteiger partial charge in [0.05, 0.1) is 25.3 Å². The molecule has 0 saturated heterocycles. The number of aliphatic carboxylic acids is 1. The molecule has 3 N–H and O–H groups in total. The van der Waals surface area contributed by atoms with Crippen LogP contribution in [0.15, 0.2) is 12.1 Å². The minimum Gasteiger partial charge on any atom is -0.493 e. The number of ether oxygens (including phenoxy) is 2. The third kappa shape index (κ3) is 3.99. The summed E-state index contributed by atoms with van der Waals surface area (Å²) in [6.07, 6.45) is -1.25. The lowest BCUT2D eigenvalue weighted by Crippen LogP contribution is -2.47. The zero-order valence-electron chi connectivity index (χ0n) is 11.7. The standard InChI is InChI=1S/C13H16ClNO6/c1-6(16)10(13(18)19)15-12(17)7-4-8(14)11(21-3)9(5-7)20-2/h4-6,10,16H,1-3H3,(H,15,17)(H,18,19)/t6-,10+/m1/s1. The summed E-state index contributed by atoms with van der Waals surface area (Å²) in [7, 11) is 2.78. The van der Waals surface area contributed by atoms with Gasteiger partial charge in [0.25, 0.3) is 5.91 Å². The normalized spacial score (nSPS) is 13.2. The first kappa shape index (κ1) is 17.1. The molecule has 0 spiro atoms. The number of rotatable bonds is 6. The van der Waals surface area contributed by atoms with Crippen molar-refractivity contribution in [1.29, 1.82) is 0 Å². The Morgan fingerprint density at radius 2 is 1.90 bits per heavy atom. The molecule has 21 heavy (non-hydrogen) atoms. The van der Waals surface area contributed by atoms with Gasteiger partial charge in [-0.2, -0.15) is 0 Å². The molecule has 0 aromatic heterocycles. The fraction of sp³-hybridized carbons (Fsp3) is 0.385. The summed E-state index contributed by atoms with van der Waals surface area (Å²) in [4.78, 5) is 23.0. The Balaban J connectivity index is 3.08. The molecule has 2 atom stereocenters. The van der Waals surface area contributed by atoms with E-state index in [9.17, 15) is 14.7 Å². The van der Waals surface area contributed by atoms with Crippen LogP contribution >= 0.6 is 11.6 Å². The summed E-state index contributed by atoms with van der Waals surface area (Å²) in [5.41, 5.74) is 0.0875. The number of carboxylic acids is 1. The number of aliphatic hydroxyl groups excluding tert-OH is 1. The van der Waals surface area contributed by atoms with Crippen LogP contribution in [0.4, 0.5) is 0 Å². The number of carbonyl (C=O) groups is 2. The van der Waals surface area contributed by atoms with E-state index in [0.717, 1.165) is 0 Å². The third-order valence-electron chi connectivity index (χ3n) is 2.73. The van der Waals surface area contributed by atoms with E-state index in [1.807, 2.05) is 0 Å². The molecule has 7 nitrogen and oxygen atoms in total. The van der Waals surface area contributed by atoms with Crippen LogP contribution in [-0.2, 0) is 4.79 Å². The summed E-state index contributed by atoms with van der Waals surface area (Å²) in [5.74, 6) is -1.55. The van der Waals surface area contributed by atoms with Crippen LogP contribution in [0.2, 0.25) is 5.02 Å². The number of carbonyl (C=O) groups excluding carboxylic acids is 1. The van der Waals surface area contributed by atoms with Gasteiger partial charge in [-0.1, -0.05) is 11.6 Å². The molecule has 0 aliphatic carbocycles. The predicted octanol–water partition coefficient (Wildman–Crippen LogP) is 0.921. The van der Waals surface area contributed by atoms with Gasteiger partial charge in [-0.3, -0.25) is 4.79 Å². The van der Waals surface area contributed by atoms with Gasteiger partial charge in [0.15, 0.2) is 17.5 Å². The first-order chi connectivity index (χ1) is 9.81. The van der Waals surface area contributed by atoms with E-state index in [-0.39, 0.29) is 22.1 Å². The van der Waals surface area contributed by atoms with Crippen LogP contribution in [-0.4, -0.2) is 48.5 Å². The second-order valence-electron chi connectivity index (χ2n) is 4.22. The molecule has 0 unspecified atom stereocenters. The van der Waals surface area contributed by atoms with Gasteiger partial charge in [-0.05, 0) is 19.1 Å². The number of aliphatic hydroxyl groups is 1. The third-order valence-corrected chi connectivity index (χ3v) is 3.01. The number of hydrogen-bond acceptors (Lipinski definition) is 5. The Morgan fingerprint density at radius 1 is 1.29 bits per heavy atom. The number of carboxylic acid groups (broad SMARTS) is 1. The zero-order chi connectivity index (χ0) is 16.2. The molecule has 8 heteroatoms. The molecular weight excluding hydrogens is 302 g/mol. The van der Waals surface area contributed by atoms with Crippen molar-refractivity contribution in [1.82, 2.24) is 5.32 Å². The van der Waals surface area contributed by atoms with E-state index in [1.165, 1.54) is 33.3 Å². The summed E-state index contributed by atoms with van der Waals surface area (Å²) in [5, 5.41) is 20.6. The summed E-state index contributed by atoms with van der Waals surface area (Å²) in [6, 6.07) is 1.25. The van der Waals surface area contributed by atoms with Gasteiger partial charge < -0.3 is 25.0 Å². The van der Waals surface area contributed by atoms with Crippen molar-refractivity contribution in [2.45, 2.75) is 19.1 Å². The van der Waals surface area contributed by atoms with Crippen LogP contribution in [0.3, 0.4) is 0 Å². The van der Waals surface area contributed by atoms with Gasteiger partial charge in [0.2, 0.25) is 0 Å². The van der Waals surface area contributed by atoms with Crippen LogP contribution in [0.5, 0.6) is 11.5 Å². The highest BCUT2D eigenvalue weighted by molar-refractivity contribution is 6.32. The lowest BCUT2D eigenvalue weighted by atomic mass is 10.1. The van der Waals surface area contributed by atoms with Crippen LogP contribution in [0, 0.1) is 0 Å². The van der Waals surface area contributed by atoms with E-state index >= 15 is 0 Å². The first-order valence-corrected chi connectivity index (χ1v) is 6.32. The number of halogens is 1. The Kier molecular flexibility index (Phi) is 5.80. The molecule has 0 aliphatic heterocycles. The van der Waals surface area contributed by atoms with E-state index in [1.54, 1.807) is 0 Å². The second-order valence-corrected chi connectivity index (χ2v) is 4.63. The fourth-order valence-corrected chi connectivity index (χ4v) is 1.95. The van der Waals surface area contributed by atoms with Gasteiger partial charge in [0.1, 0.15) is 0 Å². The summed E-state index contributed by atoms with van der Waals surface area (Å²) in [6.45, 7) is 1.26. The van der Waals surface area contributed by atoms with E-state index < -0.39 is 24.0 Å². The first-order valence-electron chi connectivity index (χ1n) is 5.95. The van der Waals surface area contributed by atoms with Gasteiger partial charge in [0, 0.05) is 5.56 Å². The molecule has 0 radical (unpaired) electrons. The molecule has 1 aromatic carbocycles. The Morgan fingerprint density at radius 3 is 2.33 bits per heavy atom. The van der Waals surface area contributed by atoms with Crippen molar-refractivity contribution < 1.29 is 29.3 Å². The average Bonchev–Trinajstić information content (AvgIpc) is 2.42. The molecule has 0 saturated carbocycles.